The molecule has 0 radical (unpaired) electrons. The molecule has 0 amide bonds. The number of benzene rings is 1. The third kappa shape index (κ3) is 4.78. The lowest BCUT2D eigenvalue weighted by atomic mass is 9.96. The smallest absolute Gasteiger partial charge is 0.355 e. The molecule has 0 aromatic heterocycles. The van der Waals surface area contributed by atoms with Gasteiger partial charge in [0.2, 0.25) is 10.0 Å². The number of ether oxygens (including phenoxy) is 2. The van der Waals surface area contributed by atoms with Crippen molar-refractivity contribution < 1.29 is 27.5 Å². The Balaban J connectivity index is 1.96. The van der Waals surface area contributed by atoms with Crippen LogP contribution in [0.2, 0.25) is 0 Å². The van der Waals surface area contributed by atoms with Gasteiger partial charge in [-0.25, -0.2) is 18.0 Å². The molecule has 1 heterocycles. The first-order valence-electron chi connectivity index (χ1n) is 10.4. The van der Waals surface area contributed by atoms with Gasteiger partial charge in [0.25, 0.3) is 0 Å². The van der Waals surface area contributed by atoms with Crippen molar-refractivity contribution in [2.24, 2.45) is 0 Å². The van der Waals surface area contributed by atoms with Crippen molar-refractivity contribution in [1.29, 1.82) is 0 Å². The highest BCUT2D eigenvalue weighted by molar-refractivity contribution is 7.89. The van der Waals surface area contributed by atoms with Gasteiger partial charge >= 0.3 is 11.9 Å². The van der Waals surface area contributed by atoms with Crippen molar-refractivity contribution in [2.45, 2.75) is 43.0 Å². The molecule has 2 aliphatic rings. The average Bonchev–Trinajstić information content (AvgIpc) is 3.06. The Morgan fingerprint density at radius 1 is 0.969 bits per heavy atom. The zero-order valence-electron chi connectivity index (χ0n) is 18.5. The minimum atomic E-state index is -3.65. The molecule has 1 aliphatic carbocycles. The van der Waals surface area contributed by atoms with E-state index in [4.69, 9.17) is 9.47 Å². The Morgan fingerprint density at radius 2 is 1.59 bits per heavy atom. The van der Waals surface area contributed by atoms with Crippen molar-refractivity contribution in [1.82, 2.24) is 4.31 Å². The van der Waals surface area contributed by atoms with Crippen molar-refractivity contribution in [3.05, 3.63) is 60.0 Å². The number of hydrogen-bond donors (Lipinski definition) is 0. The molecule has 1 aromatic rings. The molecule has 0 atom stereocenters. The van der Waals surface area contributed by atoms with E-state index in [1.165, 1.54) is 41.6 Å². The van der Waals surface area contributed by atoms with E-state index in [0.717, 1.165) is 32.1 Å². The van der Waals surface area contributed by atoms with Crippen molar-refractivity contribution in [2.75, 3.05) is 26.2 Å². The van der Waals surface area contributed by atoms with E-state index in [1.807, 2.05) is 0 Å². The van der Waals surface area contributed by atoms with Crippen LogP contribution in [-0.2, 0) is 29.1 Å². The molecule has 0 spiro atoms. The number of carbonyl (C=O) groups excluding carboxylic acids is 2. The molecule has 1 fully saturated rings. The van der Waals surface area contributed by atoms with Crippen LogP contribution >= 0.6 is 0 Å². The SMILES string of the molecule is COC(=O)C1=C(C(=O)OC)N(c2ccc(S(=O)(=O)N(C)C3CCCCC3)cc2)C=CC=C1. The van der Waals surface area contributed by atoms with E-state index in [0.29, 0.717) is 5.69 Å². The molecule has 0 bridgehead atoms. The van der Waals surface area contributed by atoms with Crippen LogP contribution in [0.15, 0.2) is 64.9 Å². The van der Waals surface area contributed by atoms with Gasteiger partial charge in [0.15, 0.2) is 0 Å². The summed E-state index contributed by atoms with van der Waals surface area (Å²) in [5.41, 5.74) is 0.489. The molecule has 3 rings (SSSR count). The lowest BCUT2D eigenvalue weighted by Crippen LogP contribution is -2.38. The second-order valence-corrected chi connectivity index (χ2v) is 9.62. The van der Waals surface area contributed by atoms with E-state index in [-0.39, 0.29) is 22.2 Å². The molecule has 9 heteroatoms. The van der Waals surface area contributed by atoms with E-state index < -0.39 is 22.0 Å². The number of sulfonamides is 1. The topological polar surface area (TPSA) is 93.2 Å². The Bertz CT molecular complexity index is 1050. The monoisotopic (exact) mass is 460 g/mol. The molecular formula is C23H28N2O6S. The summed E-state index contributed by atoms with van der Waals surface area (Å²) in [4.78, 5) is 26.4. The van der Waals surface area contributed by atoms with Gasteiger partial charge in [-0.2, -0.15) is 4.31 Å². The fourth-order valence-corrected chi connectivity index (χ4v) is 5.37. The van der Waals surface area contributed by atoms with Crippen LogP contribution in [0.4, 0.5) is 5.69 Å². The van der Waals surface area contributed by atoms with Gasteiger partial charge in [-0.1, -0.05) is 25.3 Å². The van der Waals surface area contributed by atoms with Crippen LogP contribution in [0, 0.1) is 0 Å². The Kier molecular flexibility index (Phi) is 7.52. The Morgan fingerprint density at radius 3 is 2.19 bits per heavy atom. The zero-order chi connectivity index (χ0) is 23.3. The summed E-state index contributed by atoms with van der Waals surface area (Å²) in [6.45, 7) is 0. The average molecular weight is 461 g/mol. The number of methoxy groups -OCH3 is 2. The maximum absolute atomic E-state index is 13.1. The normalized spacial score (nSPS) is 17.4. The van der Waals surface area contributed by atoms with E-state index >= 15 is 0 Å². The Hall–Kier alpha value is -2.91. The van der Waals surface area contributed by atoms with Gasteiger partial charge in [-0.05, 0) is 49.3 Å². The van der Waals surface area contributed by atoms with Crippen LogP contribution in [0.25, 0.3) is 0 Å². The number of allylic oxidation sites excluding steroid dienone is 2. The summed E-state index contributed by atoms with van der Waals surface area (Å²) in [7, 11) is 0.424. The van der Waals surface area contributed by atoms with Gasteiger partial charge in [0.05, 0.1) is 24.7 Å². The van der Waals surface area contributed by atoms with E-state index in [2.05, 4.69) is 0 Å². The van der Waals surface area contributed by atoms with Crippen LogP contribution in [0.3, 0.4) is 0 Å². The molecule has 1 aliphatic heterocycles. The molecule has 172 valence electrons. The highest BCUT2D eigenvalue weighted by Gasteiger charge is 2.30. The molecule has 0 N–H and O–H groups in total. The maximum Gasteiger partial charge on any atom is 0.355 e. The van der Waals surface area contributed by atoms with Gasteiger partial charge in [0.1, 0.15) is 5.70 Å². The standard InChI is InChI=1S/C23H28N2O6S/c1-24(17-9-5-4-6-10-17)32(28,29)19-14-12-18(13-15-19)25-16-8-7-11-20(22(26)30-2)21(25)23(27)31-3/h7-8,11-17H,4-6,9-10H2,1-3H3. The van der Waals surface area contributed by atoms with Crippen molar-refractivity contribution >= 4 is 27.6 Å². The summed E-state index contributed by atoms with van der Waals surface area (Å²) in [5, 5.41) is 0. The Labute approximate surface area is 188 Å². The summed E-state index contributed by atoms with van der Waals surface area (Å²) in [6.07, 6.45) is 11.2. The summed E-state index contributed by atoms with van der Waals surface area (Å²) in [5.74, 6) is -1.42. The van der Waals surface area contributed by atoms with Crippen molar-refractivity contribution in [3.8, 4) is 0 Å². The largest absolute Gasteiger partial charge is 0.465 e. The zero-order valence-corrected chi connectivity index (χ0v) is 19.3. The number of anilines is 1. The fraction of sp³-hybridized carbons (Fsp3) is 0.391. The first-order chi connectivity index (χ1) is 15.3. The first-order valence-corrected chi connectivity index (χ1v) is 11.9. The lowest BCUT2D eigenvalue weighted by molar-refractivity contribution is -0.139. The first kappa shape index (κ1) is 23.7. The van der Waals surface area contributed by atoms with Crippen LogP contribution in [0.1, 0.15) is 32.1 Å². The third-order valence-electron chi connectivity index (χ3n) is 5.77. The lowest BCUT2D eigenvalue weighted by Gasteiger charge is -2.30. The van der Waals surface area contributed by atoms with Gasteiger partial charge in [0, 0.05) is 25.0 Å². The third-order valence-corrected chi connectivity index (χ3v) is 7.69. The molecule has 1 aromatic carbocycles. The molecule has 32 heavy (non-hydrogen) atoms. The number of carbonyl (C=O) groups is 2. The second kappa shape index (κ2) is 10.1. The molecular weight excluding hydrogens is 432 g/mol. The van der Waals surface area contributed by atoms with Crippen LogP contribution < -0.4 is 4.90 Å². The highest BCUT2D eigenvalue weighted by atomic mass is 32.2. The highest BCUT2D eigenvalue weighted by Crippen LogP contribution is 2.30. The van der Waals surface area contributed by atoms with Crippen LogP contribution in [-0.4, -0.2) is 52.0 Å². The number of rotatable bonds is 6. The van der Waals surface area contributed by atoms with Gasteiger partial charge < -0.3 is 14.4 Å². The van der Waals surface area contributed by atoms with Crippen molar-refractivity contribution in [3.63, 3.8) is 0 Å². The summed E-state index contributed by atoms with van der Waals surface area (Å²) >= 11 is 0. The molecule has 1 saturated carbocycles. The molecule has 0 saturated heterocycles. The minimum absolute atomic E-state index is 0.00418. The molecule has 8 nitrogen and oxygen atoms in total. The molecule has 0 unspecified atom stereocenters. The van der Waals surface area contributed by atoms with Gasteiger partial charge in [-0.15, -0.1) is 0 Å². The second-order valence-electron chi connectivity index (χ2n) is 7.62. The predicted molar refractivity (Wildman–Crippen MR) is 120 cm³/mol. The quantitative estimate of drug-likeness (QED) is 0.602. The van der Waals surface area contributed by atoms with Gasteiger partial charge in [-0.3, -0.25) is 0 Å². The summed E-state index contributed by atoms with van der Waals surface area (Å²) < 4.78 is 37.4. The summed E-state index contributed by atoms with van der Waals surface area (Å²) in [6, 6.07) is 6.19. The minimum Gasteiger partial charge on any atom is -0.465 e. The van der Waals surface area contributed by atoms with Crippen LogP contribution in [0.5, 0.6) is 0 Å². The van der Waals surface area contributed by atoms with E-state index in [1.54, 1.807) is 37.5 Å². The predicted octanol–water partition coefficient (Wildman–Crippen LogP) is 3.13. The fourth-order valence-electron chi connectivity index (χ4n) is 3.95. The number of hydrogen-bond acceptors (Lipinski definition) is 7. The maximum atomic E-state index is 13.1. The number of esters is 2. The van der Waals surface area contributed by atoms with E-state index in [9.17, 15) is 18.0 Å². The number of nitrogens with zero attached hydrogens (tertiary/aromatic N) is 2.